The van der Waals surface area contributed by atoms with Gasteiger partial charge in [0.05, 0.1) is 16.7 Å². The van der Waals surface area contributed by atoms with Crippen LogP contribution in [0.4, 0.5) is 45.5 Å². The molecular weight excluding hydrogens is 908 g/mol. The van der Waals surface area contributed by atoms with Gasteiger partial charge in [-0.15, -0.1) is 0 Å². The summed E-state index contributed by atoms with van der Waals surface area (Å²) >= 11 is 0. The van der Waals surface area contributed by atoms with Gasteiger partial charge in [-0.05, 0) is 178 Å². The number of nitrogens with zero attached hydrogens (tertiary/aromatic N) is 3. The van der Waals surface area contributed by atoms with Gasteiger partial charge in [0, 0.05) is 61.8 Å². The summed E-state index contributed by atoms with van der Waals surface area (Å²) in [5.74, 6) is 0. The van der Waals surface area contributed by atoms with Gasteiger partial charge < -0.3 is 19.7 Å². The average molecular weight is 975 g/mol. The van der Waals surface area contributed by atoms with Gasteiger partial charge in [-0.3, -0.25) is 0 Å². The van der Waals surface area contributed by atoms with E-state index >= 15 is 0 Å². The Morgan fingerprint density at radius 1 is 0.427 bits per heavy atom. The quantitative estimate of drug-likeness (QED) is 0.146. The SMILES string of the molecule is CC1(C)CCC(C)(C)c2cc(Nc3ccc(N(c4ccccc4)c4ccccc4)cc3-c3cc(N(c4ccccc4)c4ccccc4)c4c5ccccc5n5c4c3Bc3cc4c(cc3-5)C(C)(C)CCC4(C)C)ccc21. The maximum absolute atomic E-state index is 4.14. The molecule has 1 N–H and O–H groups in total. The van der Waals surface area contributed by atoms with Gasteiger partial charge in [0.15, 0.2) is 7.28 Å². The number of hydrogen-bond acceptors (Lipinski definition) is 3. The topological polar surface area (TPSA) is 23.4 Å². The highest BCUT2D eigenvalue weighted by molar-refractivity contribution is 6.73. The number of benzene rings is 9. The zero-order valence-electron chi connectivity index (χ0n) is 44.9. The van der Waals surface area contributed by atoms with E-state index in [9.17, 15) is 0 Å². The van der Waals surface area contributed by atoms with Crippen LogP contribution in [0.3, 0.4) is 0 Å². The Hall–Kier alpha value is -7.76. The van der Waals surface area contributed by atoms with Crippen molar-refractivity contribution in [3.63, 3.8) is 0 Å². The highest BCUT2D eigenvalue weighted by atomic mass is 15.2. The van der Waals surface area contributed by atoms with Crippen LogP contribution < -0.4 is 26.0 Å². The Balaban J connectivity index is 1.15. The monoisotopic (exact) mass is 975 g/mol. The fourth-order valence-corrected chi connectivity index (χ4v) is 13.2. The third kappa shape index (κ3) is 7.80. The largest absolute Gasteiger partial charge is 0.355 e. The molecule has 0 unspecified atom stereocenters. The molecule has 2 heterocycles. The number of fused-ring (bicyclic) bond motifs is 7. The summed E-state index contributed by atoms with van der Waals surface area (Å²) in [6, 6.07) is 74.8. The van der Waals surface area contributed by atoms with Crippen molar-refractivity contribution in [2.24, 2.45) is 0 Å². The van der Waals surface area contributed by atoms with Crippen LogP contribution in [-0.4, -0.2) is 11.8 Å². The maximum Gasteiger partial charge on any atom is 0.198 e. The van der Waals surface area contributed by atoms with Crippen LogP contribution in [0.2, 0.25) is 0 Å². The van der Waals surface area contributed by atoms with Gasteiger partial charge in [0.2, 0.25) is 0 Å². The fraction of sp³-hybridized carbons (Fsp3) is 0.229. The zero-order chi connectivity index (χ0) is 51.4. The Labute approximate surface area is 444 Å². The fourth-order valence-electron chi connectivity index (χ4n) is 13.2. The summed E-state index contributed by atoms with van der Waals surface area (Å²) < 4.78 is 2.66. The van der Waals surface area contributed by atoms with Crippen molar-refractivity contribution in [2.45, 2.75) is 103 Å². The zero-order valence-corrected chi connectivity index (χ0v) is 44.9. The van der Waals surface area contributed by atoms with E-state index in [1.165, 1.54) is 79.1 Å². The average Bonchev–Trinajstić information content (AvgIpc) is 3.79. The summed E-state index contributed by atoms with van der Waals surface area (Å²) in [5, 5.41) is 6.66. The summed E-state index contributed by atoms with van der Waals surface area (Å²) in [5.41, 5.74) is 23.9. The maximum atomic E-state index is 4.14. The number of hydrogen-bond donors (Lipinski definition) is 1. The molecule has 0 atom stereocenters. The Morgan fingerprint density at radius 2 is 0.920 bits per heavy atom. The number of aromatic nitrogens is 1. The molecule has 10 aromatic rings. The van der Waals surface area contributed by atoms with Gasteiger partial charge >= 0.3 is 0 Å². The summed E-state index contributed by atoms with van der Waals surface area (Å²) in [6.45, 7) is 19.5. The molecule has 2 aliphatic carbocycles. The molecule has 0 bridgehead atoms. The molecule has 4 nitrogen and oxygen atoms in total. The molecule has 0 spiro atoms. The second-order valence-electron chi connectivity index (χ2n) is 24.4. The molecule has 1 aliphatic heterocycles. The van der Waals surface area contributed by atoms with Crippen LogP contribution in [0.5, 0.6) is 0 Å². The highest BCUT2D eigenvalue weighted by Crippen LogP contribution is 2.52. The molecule has 0 amide bonds. The van der Waals surface area contributed by atoms with Crippen molar-refractivity contribution >= 4 is 85.5 Å². The molecule has 370 valence electrons. The van der Waals surface area contributed by atoms with Gasteiger partial charge in [0.25, 0.3) is 0 Å². The van der Waals surface area contributed by atoms with E-state index in [1.807, 2.05) is 0 Å². The van der Waals surface area contributed by atoms with E-state index in [2.05, 4.69) is 275 Å². The summed E-state index contributed by atoms with van der Waals surface area (Å²) in [4.78, 5) is 4.91. The lowest BCUT2D eigenvalue weighted by Crippen LogP contribution is -2.41. The van der Waals surface area contributed by atoms with E-state index in [4.69, 9.17) is 0 Å². The molecule has 0 radical (unpaired) electrons. The van der Waals surface area contributed by atoms with Crippen molar-refractivity contribution in [3.8, 4) is 16.8 Å². The molecule has 9 aromatic carbocycles. The first-order valence-electron chi connectivity index (χ1n) is 27.3. The van der Waals surface area contributed by atoms with Crippen molar-refractivity contribution < 1.29 is 0 Å². The Bertz CT molecular complexity index is 3750. The number of nitrogens with one attached hydrogen (secondary N) is 1. The van der Waals surface area contributed by atoms with Gasteiger partial charge in [-0.25, -0.2) is 0 Å². The lowest BCUT2D eigenvalue weighted by molar-refractivity contribution is 0.332. The summed E-state index contributed by atoms with van der Waals surface area (Å²) in [7, 11) is 0.797. The van der Waals surface area contributed by atoms with E-state index in [0.717, 1.165) is 71.2 Å². The molecule has 0 fully saturated rings. The van der Waals surface area contributed by atoms with E-state index in [-0.39, 0.29) is 21.7 Å². The molecule has 0 saturated heterocycles. The van der Waals surface area contributed by atoms with Crippen molar-refractivity contribution in [1.29, 1.82) is 0 Å². The molecule has 13 rings (SSSR count). The van der Waals surface area contributed by atoms with Crippen LogP contribution >= 0.6 is 0 Å². The van der Waals surface area contributed by atoms with E-state index in [0.29, 0.717) is 0 Å². The predicted molar refractivity (Wildman–Crippen MR) is 322 cm³/mol. The molecule has 5 heteroatoms. The highest BCUT2D eigenvalue weighted by Gasteiger charge is 2.41. The van der Waals surface area contributed by atoms with Crippen LogP contribution in [0, 0.1) is 0 Å². The van der Waals surface area contributed by atoms with Crippen molar-refractivity contribution in [3.05, 3.63) is 222 Å². The molecular formula is C70H67BN4. The summed E-state index contributed by atoms with van der Waals surface area (Å²) in [6.07, 6.45) is 4.67. The first-order valence-corrected chi connectivity index (χ1v) is 27.3. The van der Waals surface area contributed by atoms with Crippen LogP contribution in [0.15, 0.2) is 200 Å². The van der Waals surface area contributed by atoms with Crippen LogP contribution in [-0.2, 0) is 21.7 Å². The third-order valence-electron chi connectivity index (χ3n) is 17.7. The van der Waals surface area contributed by atoms with Crippen LogP contribution in [0.25, 0.3) is 38.6 Å². The minimum absolute atomic E-state index is 0.0543. The number of para-hydroxylation sites is 5. The van der Waals surface area contributed by atoms with Gasteiger partial charge in [-0.2, -0.15) is 0 Å². The Kier molecular flexibility index (Phi) is 10.9. The lowest BCUT2D eigenvalue weighted by Gasteiger charge is -2.43. The minimum atomic E-state index is 0.0543. The normalized spacial score (nSPS) is 16.3. The third-order valence-corrected chi connectivity index (χ3v) is 17.7. The van der Waals surface area contributed by atoms with Crippen molar-refractivity contribution in [1.82, 2.24) is 4.57 Å². The number of anilines is 8. The molecule has 75 heavy (non-hydrogen) atoms. The predicted octanol–water partition coefficient (Wildman–Crippen LogP) is 17.5. The Morgan fingerprint density at radius 3 is 1.49 bits per heavy atom. The number of rotatable bonds is 9. The minimum Gasteiger partial charge on any atom is -0.355 e. The van der Waals surface area contributed by atoms with Crippen molar-refractivity contribution in [2.75, 3.05) is 15.1 Å². The first kappa shape index (κ1) is 47.0. The molecule has 0 saturated carbocycles. The van der Waals surface area contributed by atoms with E-state index < -0.39 is 0 Å². The first-order chi connectivity index (χ1) is 36.2. The second kappa shape index (κ2) is 17.4. The standard InChI is InChI=1S/C70H67BN4/c1-67(2)37-38-68(3,4)56-41-46(33-35-55(56)67)72-60-36-34-51(73(47-23-13-9-14-24-47)48-25-15-10-16-26-48)42-53(60)54-43-63(74(49-27-17-11-18-28-49)50-29-19-12-20-30-50)64-52-31-21-22-32-61(52)75-62-45-58-57(44-59(62)71-65(54)66(64)75)69(5,6)39-40-70(58,7)8/h9-36,41-45,71-72H,37-40H2,1-8H3. The molecule has 1 aromatic heterocycles. The lowest BCUT2D eigenvalue weighted by atomic mass is 9.55. The second-order valence-corrected chi connectivity index (χ2v) is 24.4. The van der Waals surface area contributed by atoms with Gasteiger partial charge in [0.1, 0.15) is 0 Å². The molecule has 3 aliphatic rings. The van der Waals surface area contributed by atoms with E-state index in [1.54, 1.807) is 0 Å². The smallest absolute Gasteiger partial charge is 0.198 e. The van der Waals surface area contributed by atoms with Gasteiger partial charge in [-0.1, -0.05) is 164 Å². The van der Waals surface area contributed by atoms with Crippen LogP contribution in [0.1, 0.15) is 103 Å².